The number of methoxy groups -OCH3 is 1. The van der Waals surface area contributed by atoms with Crippen LogP contribution in [0, 0.1) is 0 Å². The molecule has 0 atom stereocenters. The maximum atomic E-state index is 5.61. The van der Waals surface area contributed by atoms with Crippen molar-refractivity contribution in [1.82, 2.24) is 10.3 Å². The molecule has 0 saturated heterocycles. The standard InChI is InChI=1S/C15H24N4O/c1-19(11-12-6-5-9-14(10-12)20-2)15(18-16)17-13-7-3-4-8-13/h5-6,9-10,13H,3-4,7-8,11,16H2,1-2H3,(H,17,18). The van der Waals surface area contributed by atoms with Gasteiger partial charge in [-0.2, -0.15) is 0 Å². The molecular weight excluding hydrogens is 252 g/mol. The highest BCUT2D eigenvalue weighted by Gasteiger charge is 2.16. The van der Waals surface area contributed by atoms with Gasteiger partial charge in [-0.3, -0.25) is 5.43 Å². The molecule has 2 rings (SSSR count). The molecule has 1 saturated carbocycles. The predicted molar refractivity (Wildman–Crippen MR) is 81.5 cm³/mol. The summed E-state index contributed by atoms with van der Waals surface area (Å²) in [6.07, 6.45) is 4.87. The van der Waals surface area contributed by atoms with Gasteiger partial charge >= 0.3 is 0 Å². The van der Waals surface area contributed by atoms with Gasteiger partial charge in [0.05, 0.1) is 13.2 Å². The molecule has 0 aliphatic heterocycles. The fraction of sp³-hybridized carbons (Fsp3) is 0.533. The largest absolute Gasteiger partial charge is 0.497 e. The monoisotopic (exact) mass is 276 g/mol. The zero-order chi connectivity index (χ0) is 14.4. The smallest absolute Gasteiger partial charge is 0.208 e. The first-order chi connectivity index (χ1) is 9.72. The third-order valence-electron chi connectivity index (χ3n) is 3.67. The number of hydrazine groups is 1. The average Bonchev–Trinajstić information content (AvgIpc) is 2.97. The highest BCUT2D eigenvalue weighted by Crippen LogP contribution is 2.21. The molecule has 0 aromatic heterocycles. The summed E-state index contributed by atoms with van der Waals surface area (Å²) < 4.78 is 5.24. The van der Waals surface area contributed by atoms with Gasteiger partial charge in [0.2, 0.25) is 5.96 Å². The van der Waals surface area contributed by atoms with E-state index in [1.54, 1.807) is 7.11 Å². The number of guanidine groups is 1. The normalized spacial score (nSPS) is 16.2. The second kappa shape index (κ2) is 7.14. The Hall–Kier alpha value is -1.75. The Balaban J connectivity index is 2.02. The molecule has 3 N–H and O–H groups in total. The van der Waals surface area contributed by atoms with Crippen LogP contribution in [-0.4, -0.2) is 31.1 Å². The van der Waals surface area contributed by atoms with Gasteiger partial charge in [0, 0.05) is 13.6 Å². The van der Waals surface area contributed by atoms with Crippen LogP contribution in [0.15, 0.2) is 29.3 Å². The van der Waals surface area contributed by atoms with Crippen molar-refractivity contribution in [3.8, 4) is 5.75 Å². The summed E-state index contributed by atoms with van der Waals surface area (Å²) in [7, 11) is 3.67. The van der Waals surface area contributed by atoms with E-state index in [-0.39, 0.29) is 0 Å². The van der Waals surface area contributed by atoms with E-state index in [2.05, 4.69) is 11.5 Å². The zero-order valence-electron chi connectivity index (χ0n) is 12.3. The lowest BCUT2D eigenvalue weighted by Gasteiger charge is -2.22. The second-order valence-electron chi connectivity index (χ2n) is 5.24. The molecule has 0 heterocycles. The summed E-state index contributed by atoms with van der Waals surface area (Å²) in [6.45, 7) is 0.743. The Bertz CT molecular complexity index is 455. The van der Waals surface area contributed by atoms with E-state index in [9.17, 15) is 0 Å². The summed E-state index contributed by atoms with van der Waals surface area (Å²) in [5.41, 5.74) is 3.89. The molecule has 0 radical (unpaired) electrons. The Kier molecular flexibility index (Phi) is 5.24. The molecule has 0 spiro atoms. The van der Waals surface area contributed by atoms with Gasteiger partial charge in [0.25, 0.3) is 0 Å². The molecule has 110 valence electrons. The van der Waals surface area contributed by atoms with E-state index < -0.39 is 0 Å². The quantitative estimate of drug-likeness (QED) is 0.381. The maximum absolute atomic E-state index is 5.61. The van der Waals surface area contributed by atoms with Crippen LogP contribution in [0.5, 0.6) is 5.75 Å². The van der Waals surface area contributed by atoms with Crippen LogP contribution in [0.25, 0.3) is 0 Å². The van der Waals surface area contributed by atoms with Crippen LogP contribution in [0.1, 0.15) is 31.2 Å². The van der Waals surface area contributed by atoms with Crippen molar-refractivity contribution in [3.63, 3.8) is 0 Å². The van der Waals surface area contributed by atoms with Crippen molar-refractivity contribution in [2.75, 3.05) is 14.2 Å². The molecule has 0 bridgehead atoms. The number of hydrogen-bond acceptors (Lipinski definition) is 3. The lowest BCUT2D eigenvalue weighted by Crippen LogP contribution is -2.43. The number of nitrogens with one attached hydrogen (secondary N) is 1. The van der Waals surface area contributed by atoms with Gasteiger partial charge < -0.3 is 9.64 Å². The Morgan fingerprint density at radius 2 is 2.20 bits per heavy atom. The number of rotatable bonds is 4. The third-order valence-corrected chi connectivity index (χ3v) is 3.67. The summed E-state index contributed by atoms with van der Waals surface area (Å²) in [5.74, 6) is 7.23. The number of nitrogens with zero attached hydrogens (tertiary/aromatic N) is 2. The fourth-order valence-electron chi connectivity index (χ4n) is 2.57. The van der Waals surface area contributed by atoms with Crippen LogP contribution in [0.2, 0.25) is 0 Å². The van der Waals surface area contributed by atoms with Crippen LogP contribution in [0.3, 0.4) is 0 Å². The maximum Gasteiger partial charge on any atom is 0.208 e. The molecule has 0 unspecified atom stereocenters. The molecule has 5 heteroatoms. The molecule has 1 aliphatic rings. The average molecular weight is 276 g/mol. The topological polar surface area (TPSA) is 62.9 Å². The van der Waals surface area contributed by atoms with Crippen LogP contribution in [0.4, 0.5) is 0 Å². The molecule has 1 aromatic rings. The van der Waals surface area contributed by atoms with Crippen LogP contribution >= 0.6 is 0 Å². The second-order valence-corrected chi connectivity index (χ2v) is 5.24. The van der Waals surface area contributed by atoms with Gasteiger partial charge in [-0.15, -0.1) is 0 Å². The minimum atomic E-state index is 0.411. The van der Waals surface area contributed by atoms with Gasteiger partial charge in [-0.1, -0.05) is 25.0 Å². The Morgan fingerprint density at radius 1 is 1.45 bits per heavy atom. The summed E-state index contributed by atoms with van der Waals surface area (Å²) in [5, 5.41) is 0. The van der Waals surface area contributed by atoms with E-state index >= 15 is 0 Å². The highest BCUT2D eigenvalue weighted by molar-refractivity contribution is 5.79. The van der Waals surface area contributed by atoms with E-state index in [0.29, 0.717) is 6.04 Å². The van der Waals surface area contributed by atoms with Gasteiger partial charge in [-0.05, 0) is 30.5 Å². The Morgan fingerprint density at radius 3 is 2.85 bits per heavy atom. The molecule has 1 aliphatic carbocycles. The molecular formula is C15H24N4O. The summed E-state index contributed by atoms with van der Waals surface area (Å²) in [4.78, 5) is 6.74. The molecule has 1 aromatic carbocycles. The predicted octanol–water partition coefficient (Wildman–Crippen LogP) is 1.89. The first kappa shape index (κ1) is 14.7. The van der Waals surface area contributed by atoms with Crippen molar-refractivity contribution in [1.29, 1.82) is 0 Å². The van der Waals surface area contributed by atoms with Crippen molar-refractivity contribution < 1.29 is 4.74 Å². The summed E-state index contributed by atoms with van der Waals surface area (Å²) >= 11 is 0. The van der Waals surface area contributed by atoms with E-state index in [4.69, 9.17) is 15.6 Å². The third kappa shape index (κ3) is 3.87. The fourth-order valence-corrected chi connectivity index (χ4v) is 2.57. The van der Waals surface area contributed by atoms with Crippen molar-refractivity contribution in [2.45, 2.75) is 38.3 Å². The zero-order valence-corrected chi connectivity index (χ0v) is 12.3. The summed E-state index contributed by atoms with van der Waals surface area (Å²) in [6, 6.07) is 8.45. The van der Waals surface area contributed by atoms with E-state index in [1.165, 1.54) is 18.4 Å². The number of aliphatic imine (C=N–C) groups is 1. The minimum absolute atomic E-state index is 0.411. The van der Waals surface area contributed by atoms with Crippen LogP contribution in [-0.2, 0) is 6.54 Å². The van der Waals surface area contributed by atoms with Crippen molar-refractivity contribution in [3.05, 3.63) is 29.8 Å². The van der Waals surface area contributed by atoms with E-state index in [0.717, 1.165) is 31.1 Å². The first-order valence-electron chi connectivity index (χ1n) is 7.11. The Labute approximate surface area is 120 Å². The van der Waals surface area contributed by atoms with Gasteiger partial charge in [-0.25, -0.2) is 10.8 Å². The number of benzene rings is 1. The lowest BCUT2D eigenvalue weighted by molar-refractivity contribution is 0.412. The van der Waals surface area contributed by atoms with E-state index in [1.807, 2.05) is 30.1 Å². The SMILES string of the molecule is COc1cccc(CN(C)C(=NC2CCCC2)NN)c1. The number of nitrogens with two attached hydrogens (primary N) is 1. The van der Waals surface area contributed by atoms with Crippen molar-refractivity contribution >= 4 is 5.96 Å². The van der Waals surface area contributed by atoms with Gasteiger partial charge in [0.1, 0.15) is 5.75 Å². The van der Waals surface area contributed by atoms with Crippen molar-refractivity contribution in [2.24, 2.45) is 10.8 Å². The molecule has 5 nitrogen and oxygen atoms in total. The highest BCUT2D eigenvalue weighted by atomic mass is 16.5. The van der Waals surface area contributed by atoms with Crippen LogP contribution < -0.4 is 16.0 Å². The number of ether oxygens (including phenoxy) is 1. The minimum Gasteiger partial charge on any atom is -0.497 e. The number of hydrogen-bond donors (Lipinski definition) is 2. The lowest BCUT2D eigenvalue weighted by atomic mass is 10.2. The molecule has 0 amide bonds. The first-order valence-corrected chi connectivity index (χ1v) is 7.11. The van der Waals surface area contributed by atoms with Gasteiger partial charge in [0.15, 0.2) is 0 Å². The molecule has 1 fully saturated rings. The molecule has 20 heavy (non-hydrogen) atoms.